The van der Waals surface area contributed by atoms with Gasteiger partial charge in [-0.15, -0.1) is 0 Å². The summed E-state index contributed by atoms with van der Waals surface area (Å²) in [6.45, 7) is 2.15. The molecule has 0 aliphatic rings. The van der Waals surface area contributed by atoms with Crippen molar-refractivity contribution >= 4 is 5.97 Å². The molecule has 6 heteroatoms. The number of carboxylic acids is 1. The van der Waals surface area contributed by atoms with Crippen LogP contribution >= 0.6 is 0 Å². The van der Waals surface area contributed by atoms with Gasteiger partial charge in [0, 0.05) is 11.8 Å². The minimum Gasteiger partial charge on any atom is -0.497 e. The predicted molar refractivity (Wildman–Crippen MR) is 82.8 cm³/mol. The van der Waals surface area contributed by atoms with E-state index in [1.807, 2.05) is 24.3 Å². The van der Waals surface area contributed by atoms with Crippen LogP contribution in [-0.4, -0.2) is 22.9 Å². The zero-order valence-electron chi connectivity index (χ0n) is 12.5. The second kappa shape index (κ2) is 6.80. The van der Waals surface area contributed by atoms with E-state index in [0.717, 1.165) is 11.3 Å². The van der Waals surface area contributed by atoms with Crippen molar-refractivity contribution in [2.75, 3.05) is 12.5 Å². The Hall–Kier alpha value is -2.76. The van der Waals surface area contributed by atoms with Crippen LogP contribution in [0.2, 0.25) is 0 Å². The largest absolute Gasteiger partial charge is 0.497 e. The smallest absolute Gasteiger partial charge is 0.308 e. The van der Waals surface area contributed by atoms with E-state index in [4.69, 9.17) is 9.84 Å². The number of nitrogens with one attached hydrogen (secondary N) is 1. The van der Waals surface area contributed by atoms with Crippen molar-refractivity contribution in [1.29, 1.82) is 0 Å². The number of pyridine rings is 1. The molecule has 2 aromatic rings. The number of hydrogen-bond acceptors (Lipinski definition) is 4. The molecular formula is C16H18N2O4. The second-order valence-electron chi connectivity index (χ2n) is 4.91. The van der Waals surface area contributed by atoms with E-state index in [1.165, 1.54) is 4.68 Å². The van der Waals surface area contributed by atoms with Gasteiger partial charge in [0.1, 0.15) is 5.75 Å². The Kier molecular flexibility index (Phi) is 4.83. The summed E-state index contributed by atoms with van der Waals surface area (Å²) < 4.78 is 6.46. The maximum atomic E-state index is 12.3. The summed E-state index contributed by atoms with van der Waals surface area (Å²) in [5.41, 5.74) is 4.54. The number of benzene rings is 1. The first-order valence-corrected chi connectivity index (χ1v) is 6.81. The van der Waals surface area contributed by atoms with Gasteiger partial charge in [0.25, 0.3) is 5.56 Å². The number of ether oxygens (including phenoxy) is 1. The average Bonchev–Trinajstić information content (AvgIpc) is 2.50. The van der Waals surface area contributed by atoms with Crippen LogP contribution in [0.1, 0.15) is 16.7 Å². The van der Waals surface area contributed by atoms with Gasteiger partial charge in [0.15, 0.2) is 0 Å². The van der Waals surface area contributed by atoms with E-state index in [1.54, 1.807) is 26.3 Å². The third kappa shape index (κ3) is 3.66. The van der Waals surface area contributed by atoms with E-state index in [9.17, 15) is 9.59 Å². The molecule has 1 aromatic carbocycles. The van der Waals surface area contributed by atoms with E-state index in [0.29, 0.717) is 12.1 Å². The number of aromatic nitrogens is 1. The lowest BCUT2D eigenvalue weighted by molar-refractivity contribution is -0.136. The van der Waals surface area contributed by atoms with Crippen LogP contribution < -0.4 is 15.7 Å². The SMILES string of the molecule is COc1cccc(CNn2ccc(C)c(CC(=O)O)c2=O)c1. The number of methoxy groups -OCH3 is 1. The van der Waals surface area contributed by atoms with Gasteiger partial charge >= 0.3 is 5.97 Å². The molecule has 0 saturated carbocycles. The average molecular weight is 302 g/mol. The quantitative estimate of drug-likeness (QED) is 0.846. The normalized spacial score (nSPS) is 10.3. The number of aliphatic carboxylic acids is 1. The fourth-order valence-electron chi connectivity index (χ4n) is 2.12. The molecule has 0 amide bonds. The molecule has 0 spiro atoms. The molecule has 1 aromatic heterocycles. The molecule has 6 nitrogen and oxygen atoms in total. The molecule has 116 valence electrons. The summed E-state index contributed by atoms with van der Waals surface area (Å²) in [6, 6.07) is 9.20. The Labute approximate surface area is 127 Å². The van der Waals surface area contributed by atoms with Crippen LogP contribution in [0.3, 0.4) is 0 Å². The zero-order valence-corrected chi connectivity index (χ0v) is 12.5. The summed E-state index contributed by atoms with van der Waals surface area (Å²) in [5.74, 6) is -0.284. The molecule has 2 N–H and O–H groups in total. The van der Waals surface area contributed by atoms with E-state index in [2.05, 4.69) is 5.43 Å². The van der Waals surface area contributed by atoms with E-state index in [-0.39, 0.29) is 17.5 Å². The molecule has 2 rings (SSSR count). The highest BCUT2D eigenvalue weighted by Crippen LogP contribution is 2.12. The Morgan fingerprint density at radius 1 is 1.36 bits per heavy atom. The van der Waals surface area contributed by atoms with Gasteiger partial charge in [-0.2, -0.15) is 0 Å². The Balaban J connectivity index is 2.19. The number of hydrogen-bond donors (Lipinski definition) is 2. The molecule has 0 unspecified atom stereocenters. The van der Waals surface area contributed by atoms with Gasteiger partial charge in [-0.1, -0.05) is 12.1 Å². The van der Waals surface area contributed by atoms with Gasteiger partial charge in [-0.25, -0.2) is 4.68 Å². The Morgan fingerprint density at radius 3 is 2.82 bits per heavy atom. The number of nitrogens with zero attached hydrogens (tertiary/aromatic N) is 1. The molecule has 0 bridgehead atoms. The lowest BCUT2D eigenvalue weighted by Crippen LogP contribution is -2.32. The van der Waals surface area contributed by atoms with Crippen molar-refractivity contribution in [1.82, 2.24) is 4.68 Å². The van der Waals surface area contributed by atoms with Gasteiger partial charge in [0.2, 0.25) is 0 Å². The molecule has 1 heterocycles. The Bertz CT molecular complexity index is 737. The fourth-order valence-corrected chi connectivity index (χ4v) is 2.12. The highest BCUT2D eigenvalue weighted by Gasteiger charge is 2.11. The molecule has 0 atom stereocenters. The van der Waals surface area contributed by atoms with Gasteiger partial charge in [0.05, 0.1) is 20.1 Å². The van der Waals surface area contributed by atoms with Crippen LogP contribution in [0.15, 0.2) is 41.3 Å². The van der Waals surface area contributed by atoms with Crippen LogP contribution in [0.4, 0.5) is 0 Å². The van der Waals surface area contributed by atoms with Crippen molar-refractivity contribution < 1.29 is 14.6 Å². The Morgan fingerprint density at radius 2 is 2.14 bits per heavy atom. The summed E-state index contributed by atoms with van der Waals surface area (Å²) >= 11 is 0. The molecule has 0 aliphatic heterocycles. The maximum Gasteiger partial charge on any atom is 0.308 e. The third-order valence-corrected chi connectivity index (χ3v) is 3.34. The molecule has 22 heavy (non-hydrogen) atoms. The van der Waals surface area contributed by atoms with Crippen LogP contribution in [0.5, 0.6) is 5.75 Å². The van der Waals surface area contributed by atoms with E-state index < -0.39 is 5.97 Å². The van der Waals surface area contributed by atoms with Crippen molar-refractivity contribution in [3.8, 4) is 5.75 Å². The van der Waals surface area contributed by atoms with Gasteiger partial charge in [-0.3, -0.25) is 9.59 Å². The molecule has 0 saturated heterocycles. The van der Waals surface area contributed by atoms with E-state index >= 15 is 0 Å². The number of aryl methyl sites for hydroxylation is 1. The summed E-state index contributed by atoms with van der Waals surface area (Å²) in [5, 5.41) is 8.89. The number of carbonyl (C=O) groups is 1. The fraction of sp³-hybridized carbons (Fsp3) is 0.250. The molecule has 0 aliphatic carbocycles. The highest BCUT2D eigenvalue weighted by atomic mass is 16.5. The topological polar surface area (TPSA) is 80.6 Å². The summed E-state index contributed by atoms with van der Waals surface area (Å²) in [4.78, 5) is 23.1. The monoisotopic (exact) mass is 302 g/mol. The summed E-state index contributed by atoms with van der Waals surface area (Å²) in [7, 11) is 1.59. The lowest BCUT2D eigenvalue weighted by Gasteiger charge is -2.12. The maximum absolute atomic E-state index is 12.3. The van der Waals surface area contributed by atoms with Crippen molar-refractivity contribution in [2.24, 2.45) is 0 Å². The van der Waals surface area contributed by atoms with Crippen LogP contribution in [0.25, 0.3) is 0 Å². The minimum atomic E-state index is -1.02. The highest BCUT2D eigenvalue weighted by molar-refractivity contribution is 5.70. The number of carboxylic acid groups (broad SMARTS) is 1. The second-order valence-corrected chi connectivity index (χ2v) is 4.91. The first-order valence-electron chi connectivity index (χ1n) is 6.81. The zero-order chi connectivity index (χ0) is 16.1. The van der Waals surface area contributed by atoms with Gasteiger partial charge in [-0.05, 0) is 36.2 Å². The lowest BCUT2D eigenvalue weighted by atomic mass is 10.1. The van der Waals surface area contributed by atoms with Crippen molar-refractivity contribution in [2.45, 2.75) is 19.9 Å². The van der Waals surface area contributed by atoms with Crippen LogP contribution in [-0.2, 0) is 17.8 Å². The number of rotatable bonds is 6. The first-order chi connectivity index (χ1) is 10.5. The van der Waals surface area contributed by atoms with Crippen LogP contribution in [0, 0.1) is 6.92 Å². The standard InChI is InChI=1S/C16H18N2O4/c1-11-6-7-18(16(21)14(11)9-15(19)20)17-10-12-4-3-5-13(8-12)22-2/h3-8,17H,9-10H2,1-2H3,(H,19,20). The summed E-state index contributed by atoms with van der Waals surface area (Å²) in [6.07, 6.45) is 1.32. The third-order valence-electron chi connectivity index (χ3n) is 3.34. The van der Waals surface area contributed by atoms with Gasteiger partial charge < -0.3 is 15.3 Å². The molecule has 0 radical (unpaired) electrons. The predicted octanol–water partition coefficient (Wildman–Crippen LogP) is 1.54. The van der Waals surface area contributed by atoms with Crippen molar-refractivity contribution in [3.63, 3.8) is 0 Å². The first kappa shape index (κ1) is 15.6. The molecule has 0 fully saturated rings. The molecular weight excluding hydrogens is 284 g/mol. The van der Waals surface area contributed by atoms with Crippen molar-refractivity contribution in [3.05, 3.63) is 63.6 Å². The minimum absolute atomic E-state index is 0.285.